The lowest BCUT2D eigenvalue weighted by Gasteiger charge is -2.22. The molecule has 0 saturated heterocycles. The normalized spacial score (nSPS) is 14.5. The van der Waals surface area contributed by atoms with Gasteiger partial charge in [-0.1, -0.05) is 69.5 Å². The van der Waals surface area contributed by atoms with Crippen LogP contribution < -0.4 is 4.74 Å². The van der Waals surface area contributed by atoms with Crippen molar-refractivity contribution in [3.63, 3.8) is 0 Å². The van der Waals surface area contributed by atoms with E-state index in [0.717, 1.165) is 11.1 Å². The fourth-order valence-electron chi connectivity index (χ4n) is 4.03. The Morgan fingerprint density at radius 2 is 1.67 bits per heavy atom. The van der Waals surface area contributed by atoms with Crippen LogP contribution in [0.2, 0.25) is 0 Å². The van der Waals surface area contributed by atoms with Gasteiger partial charge in [0.1, 0.15) is 5.75 Å². The highest BCUT2D eigenvalue weighted by Gasteiger charge is 2.17. The maximum Gasteiger partial charge on any atom is 0.344 e. The quantitative estimate of drug-likeness (QED) is 0.399. The molecule has 0 N–H and O–H groups in total. The van der Waals surface area contributed by atoms with Crippen LogP contribution in [-0.4, -0.2) is 25.0 Å². The molecule has 1 saturated carbocycles. The highest BCUT2D eigenvalue weighted by Crippen LogP contribution is 2.32. The van der Waals surface area contributed by atoms with Gasteiger partial charge in [-0.3, -0.25) is 4.79 Å². The lowest BCUT2D eigenvalue weighted by molar-refractivity contribution is -0.144. The third-order valence-corrected chi connectivity index (χ3v) is 5.81. The van der Waals surface area contributed by atoms with Gasteiger partial charge in [0.25, 0.3) is 0 Å². The molecule has 0 aromatic heterocycles. The van der Waals surface area contributed by atoms with Crippen LogP contribution in [0.1, 0.15) is 84.8 Å². The van der Waals surface area contributed by atoms with Crippen molar-refractivity contribution in [2.45, 2.75) is 64.7 Å². The number of ketones is 1. The van der Waals surface area contributed by atoms with Crippen molar-refractivity contribution in [3.8, 4) is 5.75 Å². The largest absolute Gasteiger partial charge is 0.482 e. The zero-order valence-electron chi connectivity index (χ0n) is 18.3. The molecule has 1 fully saturated rings. The van der Waals surface area contributed by atoms with Crippen molar-refractivity contribution in [2.75, 3.05) is 13.2 Å². The number of benzene rings is 2. The minimum Gasteiger partial charge on any atom is -0.482 e. The van der Waals surface area contributed by atoms with Gasteiger partial charge in [-0.05, 0) is 54.4 Å². The summed E-state index contributed by atoms with van der Waals surface area (Å²) in [5, 5.41) is 0. The first kappa shape index (κ1) is 22.1. The molecule has 0 aliphatic heterocycles. The van der Waals surface area contributed by atoms with E-state index < -0.39 is 5.97 Å². The molecule has 4 heteroatoms. The first-order chi connectivity index (χ1) is 14.4. The van der Waals surface area contributed by atoms with E-state index in [1.54, 1.807) is 0 Å². The number of carbonyl (C=O) groups excluding carboxylic acids is 2. The Morgan fingerprint density at radius 1 is 0.967 bits per heavy atom. The highest BCUT2D eigenvalue weighted by molar-refractivity contribution is 5.98. The lowest BCUT2D eigenvalue weighted by atomic mass is 9.84. The van der Waals surface area contributed by atoms with Gasteiger partial charge in [-0.25, -0.2) is 4.79 Å². The van der Waals surface area contributed by atoms with E-state index in [1.807, 2.05) is 49.4 Å². The number of ether oxygens (including phenoxy) is 2. The third kappa shape index (κ3) is 5.94. The zero-order valence-corrected chi connectivity index (χ0v) is 18.3. The molecule has 0 unspecified atom stereocenters. The Morgan fingerprint density at radius 3 is 2.33 bits per heavy atom. The number of esters is 1. The minimum atomic E-state index is -0.543. The van der Waals surface area contributed by atoms with Gasteiger partial charge in [0.2, 0.25) is 0 Å². The van der Waals surface area contributed by atoms with Crippen LogP contribution in [0.25, 0.3) is 0 Å². The second-order valence-corrected chi connectivity index (χ2v) is 8.53. The summed E-state index contributed by atoms with van der Waals surface area (Å²) in [5.41, 5.74) is 3.98. The molecule has 4 nitrogen and oxygen atoms in total. The standard InChI is InChI=1S/C26H32O4/c1-18(2)23-14-9-19(3)15-25(23)29-17-26(28)30-16-24(27)22-12-10-21(11-13-22)20-7-5-4-6-8-20/h9-15,18,20H,4-8,16-17H2,1-3H3. The van der Waals surface area contributed by atoms with E-state index in [9.17, 15) is 9.59 Å². The van der Waals surface area contributed by atoms with Gasteiger partial charge in [-0.15, -0.1) is 0 Å². The summed E-state index contributed by atoms with van der Waals surface area (Å²) in [6.45, 7) is 5.66. The third-order valence-electron chi connectivity index (χ3n) is 5.81. The predicted molar refractivity (Wildman–Crippen MR) is 118 cm³/mol. The molecule has 2 aromatic rings. The molecule has 0 amide bonds. The molecule has 30 heavy (non-hydrogen) atoms. The van der Waals surface area contributed by atoms with E-state index in [-0.39, 0.29) is 24.9 Å². The van der Waals surface area contributed by atoms with Gasteiger partial charge in [0.05, 0.1) is 0 Å². The van der Waals surface area contributed by atoms with E-state index >= 15 is 0 Å². The molecule has 0 radical (unpaired) electrons. The average molecular weight is 409 g/mol. The molecule has 0 heterocycles. The second kappa shape index (κ2) is 10.4. The Bertz CT molecular complexity index is 861. The van der Waals surface area contributed by atoms with Crippen LogP contribution in [0, 0.1) is 6.92 Å². The molecule has 3 rings (SSSR count). The number of Topliss-reactive ketones (excluding diaryl/α,β-unsaturated/α-hetero) is 1. The Kier molecular flexibility index (Phi) is 7.67. The Labute approximate surface area is 179 Å². The van der Waals surface area contributed by atoms with E-state index in [4.69, 9.17) is 9.47 Å². The number of hydrogen-bond donors (Lipinski definition) is 0. The summed E-state index contributed by atoms with van der Waals surface area (Å²) in [7, 11) is 0. The van der Waals surface area contributed by atoms with Crippen molar-refractivity contribution < 1.29 is 19.1 Å². The maximum absolute atomic E-state index is 12.4. The van der Waals surface area contributed by atoms with Crippen LogP contribution in [0.3, 0.4) is 0 Å². The monoisotopic (exact) mass is 408 g/mol. The summed E-state index contributed by atoms with van der Waals surface area (Å²) in [6.07, 6.45) is 6.34. The zero-order chi connectivity index (χ0) is 21.5. The highest BCUT2D eigenvalue weighted by atomic mass is 16.6. The maximum atomic E-state index is 12.4. The fourth-order valence-corrected chi connectivity index (χ4v) is 4.03. The second-order valence-electron chi connectivity index (χ2n) is 8.53. The Hall–Kier alpha value is -2.62. The van der Waals surface area contributed by atoms with Crippen molar-refractivity contribution in [1.29, 1.82) is 0 Å². The minimum absolute atomic E-state index is 0.197. The predicted octanol–water partition coefficient (Wildman–Crippen LogP) is 5.97. The first-order valence-corrected chi connectivity index (χ1v) is 11.0. The summed E-state index contributed by atoms with van der Waals surface area (Å²) in [6, 6.07) is 13.7. The van der Waals surface area contributed by atoms with Crippen molar-refractivity contribution in [1.82, 2.24) is 0 Å². The number of carbonyl (C=O) groups is 2. The average Bonchev–Trinajstić information content (AvgIpc) is 2.76. The van der Waals surface area contributed by atoms with Gasteiger partial charge in [-0.2, -0.15) is 0 Å². The smallest absolute Gasteiger partial charge is 0.344 e. The van der Waals surface area contributed by atoms with Crippen molar-refractivity contribution >= 4 is 11.8 Å². The molecule has 0 spiro atoms. The van der Waals surface area contributed by atoms with Gasteiger partial charge < -0.3 is 9.47 Å². The van der Waals surface area contributed by atoms with Gasteiger partial charge in [0.15, 0.2) is 19.0 Å². The topological polar surface area (TPSA) is 52.6 Å². The van der Waals surface area contributed by atoms with Crippen LogP contribution in [0.15, 0.2) is 42.5 Å². The SMILES string of the molecule is Cc1ccc(C(C)C)c(OCC(=O)OCC(=O)c2ccc(C3CCCCC3)cc2)c1. The first-order valence-electron chi connectivity index (χ1n) is 11.0. The van der Waals surface area contributed by atoms with E-state index in [1.165, 1.54) is 37.7 Å². The molecule has 0 atom stereocenters. The number of hydrogen-bond acceptors (Lipinski definition) is 4. The van der Waals surface area contributed by atoms with E-state index in [2.05, 4.69) is 13.8 Å². The van der Waals surface area contributed by atoms with Crippen molar-refractivity contribution in [3.05, 3.63) is 64.7 Å². The molecule has 2 aromatic carbocycles. The van der Waals surface area contributed by atoms with Crippen molar-refractivity contribution in [2.24, 2.45) is 0 Å². The summed E-state index contributed by atoms with van der Waals surface area (Å²) in [4.78, 5) is 24.5. The summed E-state index contributed by atoms with van der Waals surface area (Å²) >= 11 is 0. The lowest BCUT2D eigenvalue weighted by Crippen LogP contribution is -2.20. The van der Waals surface area contributed by atoms with Gasteiger partial charge >= 0.3 is 5.97 Å². The molecule has 0 bridgehead atoms. The molecular weight excluding hydrogens is 376 g/mol. The van der Waals surface area contributed by atoms with Gasteiger partial charge in [0, 0.05) is 5.56 Å². The number of aryl methyl sites for hydroxylation is 1. The Balaban J connectivity index is 1.49. The molecular formula is C26H32O4. The van der Waals surface area contributed by atoms with Crippen LogP contribution >= 0.6 is 0 Å². The molecule has 160 valence electrons. The van der Waals surface area contributed by atoms with Crippen LogP contribution in [0.5, 0.6) is 5.75 Å². The van der Waals surface area contributed by atoms with Crippen LogP contribution in [-0.2, 0) is 9.53 Å². The van der Waals surface area contributed by atoms with E-state index in [0.29, 0.717) is 17.2 Å². The molecule has 1 aliphatic carbocycles. The fraction of sp³-hybridized carbons (Fsp3) is 0.462. The molecule has 1 aliphatic rings. The van der Waals surface area contributed by atoms with Crippen LogP contribution in [0.4, 0.5) is 0 Å². The number of rotatable bonds is 8. The summed E-state index contributed by atoms with van der Waals surface area (Å²) < 4.78 is 10.8. The summed E-state index contributed by atoms with van der Waals surface area (Å²) in [5.74, 6) is 0.840.